The molecule has 1 aromatic heterocycles. The number of hydrogen-bond acceptors (Lipinski definition) is 4. The molecular weight excluding hydrogens is 328 g/mol. The van der Waals surface area contributed by atoms with Crippen molar-refractivity contribution in [3.63, 3.8) is 0 Å². The lowest BCUT2D eigenvalue weighted by Gasteiger charge is -2.11. The molecule has 0 saturated carbocycles. The molecule has 130 valence electrons. The van der Waals surface area contributed by atoms with Gasteiger partial charge in [-0.15, -0.1) is 0 Å². The van der Waals surface area contributed by atoms with Gasteiger partial charge in [-0.05, 0) is 60.2 Å². The van der Waals surface area contributed by atoms with Gasteiger partial charge in [0.05, 0.1) is 17.8 Å². The van der Waals surface area contributed by atoms with Crippen LogP contribution in [0.5, 0.6) is 5.75 Å². The van der Waals surface area contributed by atoms with Gasteiger partial charge in [0.25, 0.3) is 5.91 Å². The molecule has 1 heterocycles. The number of carbonyl (C=O) groups excluding carboxylic acids is 1. The number of hydrogen-bond donors (Lipinski definition) is 2. The van der Waals surface area contributed by atoms with Gasteiger partial charge < -0.3 is 9.72 Å². The first-order valence-electron chi connectivity index (χ1n) is 8.10. The molecule has 0 radical (unpaired) electrons. The quantitative estimate of drug-likeness (QED) is 0.549. The van der Waals surface area contributed by atoms with Crippen molar-refractivity contribution in [2.45, 2.75) is 13.8 Å². The Bertz CT molecular complexity index is 1000. The minimum absolute atomic E-state index is 0.152. The normalized spacial score (nSPS) is 10.8. The van der Waals surface area contributed by atoms with E-state index < -0.39 is 0 Å². The standard InChI is InChI=1S/C20H18N4O2/c1-13-7-16(10-21)8-14(2)20(13)26-12-19(25)24-23-11-15-3-4-17-5-6-22-18(17)9-15/h3-9,11,22H,12H2,1-2H3,(H,24,25). The number of hydrazone groups is 1. The third kappa shape index (κ3) is 3.90. The first-order valence-corrected chi connectivity index (χ1v) is 8.10. The summed E-state index contributed by atoms with van der Waals surface area (Å²) < 4.78 is 5.58. The third-order valence-electron chi connectivity index (χ3n) is 3.92. The maximum absolute atomic E-state index is 11.9. The number of ether oxygens (including phenoxy) is 1. The van der Waals surface area contributed by atoms with E-state index in [1.165, 1.54) is 0 Å². The van der Waals surface area contributed by atoms with Crippen molar-refractivity contribution in [3.8, 4) is 11.8 Å². The monoisotopic (exact) mass is 346 g/mol. The highest BCUT2D eigenvalue weighted by atomic mass is 16.5. The van der Waals surface area contributed by atoms with Gasteiger partial charge in [-0.1, -0.05) is 12.1 Å². The van der Waals surface area contributed by atoms with Gasteiger partial charge in [0, 0.05) is 11.7 Å². The summed E-state index contributed by atoms with van der Waals surface area (Å²) >= 11 is 0. The van der Waals surface area contributed by atoms with Crippen LogP contribution in [-0.2, 0) is 4.79 Å². The number of H-pyrrole nitrogens is 1. The van der Waals surface area contributed by atoms with Crippen LogP contribution in [0.25, 0.3) is 10.9 Å². The van der Waals surface area contributed by atoms with Crippen molar-refractivity contribution in [2.24, 2.45) is 5.10 Å². The fraction of sp³-hybridized carbons (Fsp3) is 0.150. The van der Waals surface area contributed by atoms with E-state index in [0.29, 0.717) is 11.3 Å². The molecule has 0 atom stereocenters. The second kappa shape index (κ2) is 7.53. The summed E-state index contributed by atoms with van der Waals surface area (Å²) in [4.78, 5) is 15.0. The number of aromatic nitrogens is 1. The van der Waals surface area contributed by atoms with Crippen molar-refractivity contribution in [1.82, 2.24) is 10.4 Å². The van der Waals surface area contributed by atoms with E-state index in [4.69, 9.17) is 10.00 Å². The highest BCUT2D eigenvalue weighted by Gasteiger charge is 2.09. The molecule has 2 N–H and O–H groups in total. The smallest absolute Gasteiger partial charge is 0.277 e. The minimum Gasteiger partial charge on any atom is -0.483 e. The third-order valence-corrected chi connectivity index (χ3v) is 3.92. The number of amides is 1. The zero-order chi connectivity index (χ0) is 18.5. The Hall–Kier alpha value is -3.59. The Morgan fingerprint density at radius 2 is 2.04 bits per heavy atom. The highest BCUT2D eigenvalue weighted by molar-refractivity contribution is 5.89. The number of nitriles is 1. The van der Waals surface area contributed by atoms with E-state index in [1.807, 2.05) is 44.3 Å². The molecule has 1 amide bonds. The predicted octanol–water partition coefficient (Wildman–Crippen LogP) is 3.19. The number of benzene rings is 2. The molecule has 26 heavy (non-hydrogen) atoms. The molecule has 6 nitrogen and oxygen atoms in total. The summed E-state index contributed by atoms with van der Waals surface area (Å²) in [5.41, 5.74) is 6.54. The van der Waals surface area contributed by atoms with Crippen LogP contribution in [0.3, 0.4) is 0 Å². The Kier molecular flexibility index (Phi) is 4.99. The lowest BCUT2D eigenvalue weighted by molar-refractivity contribution is -0.123. The fourth-order valence-corrected chi connectivity index (χ4v) is 2.74. The number of carbonyl (C=O) groups is 1. The molecule has 2 aromatic carbocycles. The van der Waals surface area contributed by atoms with E-state index >= 15 is 0 Å². The molecule has 3 rings (SSSR count). The molecule has 0 fully saturated rings. The Balaban J connectivity index is 1.57. The number of aromatic amines is 1. The SMILES string of the molecule is Cc1cc(C#N)cc(C)c1OCC(=O)NN=Cc1ccc2cc[nH]c2c1. The van der Waals surface area contributed by atoms with Crippen molar-refractivity contribution in [1.29, 1.82) is 5.26 Å². The minimum atomic E-state index is -0.356. The van der Waals surface area contributed by atoms with Crippen LogP contribution >= 0.6 is 0 Å². The zero-order valence-corrected chi connectivity index (χ0v) is 14.5. The molecule has 3 aromatic rings. The second-order valence-electron chi connectivity index (χ2n) is 5.96. The van der Waals surface area contributed by atoms with Gasteiger partial charge >= 0.3 is 0 Å². The summed E-state index contributed by atoms with van der Waals surface area (Å²) in [5, 5.41) is 14.0. The van der Waals surface area contributed by atoms with Gasteiger partial charge in [0.15, 0.2) is 6.61 Å². The number of nitrogens with one attached hydrogen (secondary N) is 2. The van der Waals surface area contributed by atoms with Gasteiger partial charge in [0.2, 0.25) is 0 Å². The highest BCUT2D eigenvalue weighted by Crippen LogP contribution is 2.24. The summed E-state index contributed by atoms with van der Waals surface area (Å²) in [6.07, 6.45) is 3.45. The van der Waals surface area contributed by atoms with Crippen molar-refractivity contribution < 1.29 is 9.53 Å². The molecule has 0 saturated heterocycles. The lowest BCUT2D eigenvalue weighted by Crippen LogP contribution is -2.25. The Morgan fingerprint density at radius 1 is 1.27 bits per heavy atom. The van der Waals surface area contributed by atoms with Gasteiger partial charge in [-0.3, -0.25) is 4.79 Å². The zero-order valence-electron chi connectivity index (χ0n) is 14.5. The molecule has 0 bridgehead atoms. The first kappa shape index (κ1) is 17.2. The van der Waals surface area contributed by atoms with Crippen LogP contribution in [0.15, 0.2) is 47.7 Å². The van der Waals surface area contributed by atoms with Crippen molar-refractivity contribution >= 4 is 23.0 Å². The molecule has 0 aliphatic carbocycles. The van der Waals surface area contributed by atoms with Crippen LogP contribution in [0.1, 0.15) is 22.3 Å². The Morgan fingerprint density at radius 3 is 2.77 bits per heavy atom. The maximum Gasteiger partial charge on any atom is 0.277 e. The van der Waals surface area contributed by atoms with Gasteiger partial charge in [0.1, 0.15) is 5.75 Å². The van der Waals surface area contributed by atoms with Gasteiger partial charge in [-0.2, -0.15) is 10.4 Å². The number of nitrogens with zero attached hydrogens (tertiary/aromatic N) is 2. The van der Waals surface area contributed by atoms with E-state index in [1.54, 1.807) is 18.3 Å². The number of aryl methyl sites for hydroxylation is 2. The van der Waals surface area contributed by atoms with Crippen LogP contribution in [-0.4, -0.2) is 23.7 Å². The van der Waals surface area contributed by atoms with Crippen LogP contribution < -0.4 is 10.2 Å². The maximum atomic E-state index is 11.9. The lowest BCUT2D eigenvalue weighted by atomic mass is 10.1. The number of rotatable bonds is 5. The second-order valence-corrected chi connectivity index (χ2v) is 5.96. The summed E-state index contributed by atoms with van der Waals surface area (Å²) in [6, 6.07) is 13.4. The van der Waals surface area contributed by atoms with E-state index in [-0.39, 0.29) is 12.5 Å². The van der Waals surface area contributed by atoms with Crippen LogP contribution in [0, 0.1) is 25.2 Å². The number of fused-ring (bicyclic) bond motifs is 1. The van der Waals surface area contributed by atoms with E-state index in [9.17, 15) is 4.79 Å². The Labute approximate surface area is 151 Å². The van der Waals surface area contributed by atoms with Crippen LogP contribution in [0.2, 0.25) is 0 Å². The molecule has 0 aliphatic heterocycles. The molecule has 0 spiro atoms. The summed E-state index contributed by atoms with van der Waals surface area (Å²) in [7, 11) is 0. The average Bonchev–Trinajstić information content (AvgIpc) is 3.08. The van der Waals surface area contributed by atoms with Crippen molar-refractivity contribution in [2.75, 3.05) is 6.61 Å². The summed E-state index contributed by atoms with van der Waals surface area (Å²) in [6.45, 7) is 3.53. The average molecular weight is 346 g/mol. The summed E-state index contributed by atoms with van der Waals surface area (Å²) in [5.74, 6) is 0.255. The van der Waals surface area contributed by atoms with E-state index in [2.05, 4.69) is 21.6 Å². The first-order chi connectivity index (χ1) is 12.6. The molecule has 0 aliphatic rings. The van der Waals surface area contributed by atoms with Crippen LogP contribution in [0.4, 0.5) is 0 Å². The van der Waals surface area contributed by atoms with E-state index in [0.717, 1.165) is 27.6 Å². The topological polar surface area (TPSA) is 90.3 Å². The molecule has 0 unspecified atom stereocenters. The molecular formula is C20H18N4O2. The predicted molar refractivity (Wildman–Crippen MR) is 100 cm³/mol. The van der Waals surface area contributed by atoms with Gasteiger partial charge in [-0.25, -0.2) is 5.43 Å². The van der Waals surface area contributed by atoms with Crippen molar-refractivity contribution in [3.05, 3.63) is 64.8 Å². The largest absolute Gasteiger partial charge is 0.483 e. The fourth-order valence-electron chi connectivity index (χ4n) is 2.74. The molecule has 6 heteroatoms.